The molecule has 0 atom stereocenters. The van der Waals surface area contributed by atoms with Crippen LogP contribution in [0, 0.1) is 6.92 Å². The highest BCUT2D eigenvalue weighted by Gasteiger charge is 2.31. The first-order valence-electron chi connectivity index (χ1n) is 13.4. The molecule has 41 heavy (non-hydrogen) atoms. The molecule has 1 saturated heterocycles. The van der Waals surface area contributed by atoms with E-state index in [1.54, 1.807) is 43.3 Å². The van der Waals surface area contributed by atoms with Gasteiger partial charge in [-0.3, -0.25) is 9.10 Å². The summed E-state index contributed by atoms with van der Waals surface area (Å²) in [6.45, 7) is 4.16. The predicted octanol–water partition coefficient (Wildman–Crippen LogP) is 4.41. The van der Waals surface area contributed by atoms with Crippen molar-refractivity contribution in [2.45, 2.75) is 42.9 Å². The number of ether oxygens (including phenoxy) is 2. The molecule has 0 spiro atoms. The quantitative estimate of drug-likeness (QED) is 0.345. The second kappa shape index (κ2) is 12.9. The number of sulfonamides is 2. The molecule has 10 nitrogen and oxygen atoms in total. The van der Waals surface area contributed by atoms with Gasteiger partial charge in [-0.2, -0.15) is 4.31 Å². The molecule has 1 amide bonds. The summed E-state index contributed by atoms with van der Waals surface area (Å²) in [5, 5.41) is 2.67. The monoisotopic (exact) mass is 601 g/mol. The first-order valence-corrected chi connectivity index (χ1v) is 16.2. The van der Waals surface area contributed by atoms with Gasteiger partial charge in [-0.25, -0.2) is 16.8 Å². The van der Waals surface area contributed by atoms with Gasteiger partial charge in [0.1, 0.15) is 22.9 Å². The van der Waals surface area contributed by atoms with E-state index in [1.165, 1.54) is 41.7 Å². The Balaban J connectivity index is 1.67. The Hall–Kier alpha value is -3.61. The van der Waals surface area contributed by atoms with Gasteiger partial charge in [0.05, 0.1) is 24.3 Å². The summed E-state index contributed by atoms with van der Waals surface area (Å²) >= 11 is 0. The van der Waals surface area contributed by atoms with Gasteiger partial charge in [-0.05, 0) is 69.2 Å². The summed E-state index contributed by atoms with van der Waals surface area (Å²) in [6.07, 6.45) is 2.51. The van der Waals surface area contributed by atoms with Crippen molar-refractivity contribution in [3.05, 3.63) is 72.3 Å². The summed E-state index contributed by atoms with van der Waals surface area (Å²) in [7, 11) is -6.67. The van der Waals surface area contributed by atoms with Crippen molar-refractivity contribution in [1.82, 2.24) is 4.31 Å². The maximum atomic E-state index is 13.8. The number of anilines is 2. The number of carbonyl (C=O) groups excluding carboxylic acids is 1. The molecule has 1 aliphatic rings. The van der Waals surface area contributed by atoms with Crippen molar-refractivity contribution in [2.75, 3.05) is 43.0 Å². The smallest absolute Gasteiger partial charge is 0.264 e. The van der Waals surface area contributed by atoms with E-state index in [0.29, 0.717) is 25.4 Å². The molecule has 1 aliphatic heterocycles. The first-order chi connectivity index (χ1) is 19.6. The number of hydrogen-bond acceptors (Lipinski definition) is 7. The molecule has 12 heteroatoms. The van der Waals surface area contributed by atoms with Gasteiger partial charge in [0.25, 0.3) is 10.0 Å². The Morgan fingerprint density at radius 2 is 1.61 bits per heavy atom. The SMILES string of the molecule is CCOc1ccccc1N(CC(=O)Nc1ccc(OC)c(S(=O)(=O)N2CCCCC2)c1)S(=O)(=O)c1ccc(C)cc1. The third-order valence-corrected chi connectivity index (χ3v) is 10.4. The lowest BCUT2D eigenvalue weighted by Gasteiger charge is -2.27. The molecule has 4 rings (SSSR count). The fourth-order valence-electron chi connectivity index (χ4n) is 4.61. The normalized spacial score (nSPS) is 14.3. The van der Waals surface area contributed by atoms with Crippen molar-refractivity contribution >= 4 is 37.3 Å². The molecule has 0 bridgehead atoms. The minimum atomic E-state index is -4.19. The maximum Gasteiger partial charge on any atom is 0.264 e. The van der Waals surface area contributed by atoms with Crippen LogP contribution in [-0.2, 0) is 24.8 Å². The highest BCUT2D eigenvalue weighted by Crippen LogP contribution is 2.34. The predicted molar refractivity (Wildman–Crippen MR) is 158 cm³/mol. The van der Waals surface area contributed by atoms with Crippen LogP contribution in [0.4, 0.5) is 11.4 Å². The van der Waals surface area contributed by atoms with E-state index in [1.807, 2.05) is 6.92 Å². The Bertz CT molecular complexity index is 1580. The molecule has 0 aliphatic carbocycles. The van der Waals surface area contributed by atoms with E-state index in [2.05, 4.69) is 5.32 Å². The number of nitrogens with zero attached hydrogens (tertiary/aromatic N) is 2. The summed E-state index contributed by atoms with van der Waals surface area (Å²) < 4.78 is 67.9. The summed E-state index contributed by atoms with van der Waals surface area (Å²) in [6, 6.07) is 17.2. The number of nitrogens with one attached hydrogen (secondary N) is 1. The molecule has 1 fully saturated rings. The van der Waals surface area contributed by atoms with E-state index < -0.39 is 32.5 Å². The molecule has 3 aromatic carbocycles. The van der Waals surface area contributed by atoms with Crippen molar-refractivity contribution in [1.29, 1.82) is 0 Å². The number of carbonyl (C=O) groups is 1. The van der Waals surface area contributed by atoms with Crippen LogP contribution in [0.3, 0.4) is 0 Å². The minimum Gasteiger partial charge on any atom is -0.495 e. The van der Waals surface area contributed by atoms with Gasteiger partial charge in [0, 0.05) is 18.8 Å². The molecular weight excluding hydrogens is 566 g/mol. The highest BCUT2D eigenvalue weighted by molar-refractivity contribution is 7.93. The molecule has 1 N–H and O–H groups in total. The van der Waals surface area contributed by atoms with E-state index >= 15 is 0 Å². The zero-order valence-corrected chi connectivity index (χ0v) is 25.0. The van der Waals surface area contributed by atoms with Crippen LogP contribution in [-0.4, -0.2) is 60.4 Å². The van der Waals surface area contributed by atoms with Crippen molar-refractivity contribution in [3.8, 4) is 11.5 Å². The highest BCUT2D eigenvalue weighted by atomic mass is 32.2. The van der Waals surface area contributed by atoms with Gasteiger partial charge in [0.15, 0.2) is 0 Å². The molecule has 0 radical (unpaired) electrons. The molecule has 3 aromatic rings. The topological polar surface area (TPSA) is 122 Å². The van der Waals surface area contributed by atoms with Crippen LogP contribution in [0.5, 0.6) is 11.5 Å². The average Bonchev–Trinajstić information content (AvgIpc) is 2.97. The van der Waals surface area contributed by atoms with Crippen LogP contribution < -0.4 is 19.1 Å². The molecule has 220 valence electrons. The van der Waals surface area contributed by atoms with E-state index in [9.17, 15) is 21.6 Å². The molecule has 0 aromatic heterocycles. The Morgan fingerprint density at radius 3 is 2.27 bits per heavy atom. The van der Waals surface area contributed by atoms with Gasteiger partial charge in [-0.15, -0.1) is 0 Å². The van der Waals surface area contributed by atoms with E-state index in [-0.39, 0.29) is 26.9 Å². The standard InChI is InChI=1S/C29H35N3O7S2/c1-4-39-26-11-7-6-10-25(26)32(40(34,35)24-15-12-22(2)13-16-24)21-29(33)30-23-14-17-27(38-3)28(20-23)41(36,37)31-18-8-5-9-19-31/h6-7,10-17,20H,4-5,8-9,18-19,21H2,1-3H3,(H,30,33). The van der Waals surface area contributed by atoms with Gasteiger partial charge in [0.2, 0.25) is 15.9 Å². The number of rotatable bonds is 11. The molecule has 1 heterocycles. The number of amides is 1. The van der Waals surface area contributed by atoms with Crippen molar-refractivity contribution in [3.63, 3.8) is 0 Å². The Morgan fingerprint density at radius 1 is 0.927 bits per heavy atom. The second-order valence-corrected chi connectivity index (χ2v) is 13.4. The fraction of sp³-hybridized carbons (Fsp3) is 0.345. The molecular formula is C29H35N3O7S2. The van der Waals surface area contributed by atoms with Crippen molar-refractivity contribution < 1.29 is 31.1 Å². The number of benzene rings is 3. The Kier molecular flexibility index (Phi) is 9.57. The van der Waals surface area contributed by atoms with Crippen LogP contribution in [0.25, 0.3) is 0 Å². The van der Waals surface area contributed by atoms with Crippen molar-refractivity contribution in [2.24, 2.45) is 0 Å². The number of piperidine rings is 1. The van der Waals surface area contributed by atoms with Gasteiger partial charge >= 0.3 is 0 Å². The minimum absolute atomic E-state index is 0.0153. The lowest BCUT2D eigenvalue weighted by Crippen LogP contribution is -2.38. The van der Waals surface area contributed by atoms with E-state index in [0.717, 1.165) is 29.1 Å². The number of aryl methyl sites for hydroxylation is 1. The third kappa shape index (κ3) is 6.83. The number of methoxy groups -OCH3 is 1. The lowest BCUT2D eigenvalue weighted by atomic mass is 10.2. The second-order valence-electron chi connectivity index (χ2n) is 9.60. The van der Waals surface area contributed by atoms with Crippen LogP contribution in [0.1, 0.15) is 31.7 Å². The molecule has 0 unspecified atom stereocenters. The van der Waals surface area contributed by atoms with E-state index in [4.69, 9.17) is 9.47 Å². The van der Waals surface area contributed by atoms with Crippen LogP contribution in [0.2, 0.25) is 0 Å². The summed E-state index contributed by atoms with van der Waals surface area (Å²) in [4.78, 5) is 13.3. The zero-order valence-electron chi connectivity index (χ0n) is 23.4. The maximum absolute atomic E-state index is 13.8. The van der Waals surface area contributed by atoms with Gasteiger partial charge < -0.3 is 14.8 Å². The largest absolute Gasteiger partial charge is 0.495 e. The van der Waals surface area contributed by atoms with Gasteiger partial charge in [-0.1, -0.05) is 36.2 Å². The third-order valence-electron chi connectivity index (χ3n) is 6.71. The molecule has 0 saturated carbocycles. The zero-order chi connectivity index (χ0) is 29.6. The number of para-hydroxylation sites is 2. The number of hydrogen-bond donors (Lipinski definition) is 1. The lowest BCUT2D eigenvalue weighted by molar-refractivity contribution is -0.114. The summed E-state index contributed by atoms with van der Waals surface area (Å²) in [5.74, 6) is -0.209. The fourth-order valence-corrected chi connectivity index (χ4v) is 7.74. The first kappa shape index (κ1) is 30.4. The Labute approximate surface area is 242 Å². The van der Waals surface area contributed by atoms with Crippen LogP contribution >= 0.6 is 0 Å². The average molecular weight is 602 g/mol. The summed E-state index contributed by atoms with van der Waals surface area (Å²) in [5.41, 5.74) is 1.28. The van der Waals surface area contributed by atoms with Crippen LogP contribution in [0.15, 0.2) is 76.5 Å².